The normalized spacial score (nSPS) is 14.6. The highest BCUT2D eigenvalue weighted by Gasteiger charge is 2.27. The summed E-state index contributed by atoms with van der Waals surface area (Å²) in [6.45, 7) is 8.78. The number of methoxy groups -OCH3 is 1. The molecule has 2 atom stereocenters. The van der Waals surface area contributed by atoms with E-state index in [1.807, 2.05) is 13.8 Å². The Balaban J connectivity index is 4.64. The SMILES string of the molecule is COC(C[C@H](NC(=O)OC(C)(C)C)C(C)C)NC(=O)OCC(Cl)(Cl)Cl. The van der Waals surface area contributed by atoms with E-state index in [4.69, 9.17) is 49.0 Å². The summed E-state index contributed by atoms with van der Waals surface area (Å²) in [5.74, 6) is 0.0733. The van der Waals surface area contributed by atoms with Crippen LogP contribution in [0.15, 0.2) is 0 Å². The van der Waals surface area contributed by atoms with Crippen molar-refractivity contribution in [3.8, 4) is 0 Å². The second kappa shape index (κ2) is 10.5. The lowest BCUT2D eigenvalue weighted by Gasteiger charge is -2.28. The summed E-state index contributed by atoms with van der Waals surface area (Å²) in [6, 6.07) is -0.298. The molecule has 0 fully saturated rings. The zero-order chi connectivity index (χ0) is 19.8. The number of alkyl halides is 3. The first-order chi connectivity index (χ1) is 11.2. The second-order valence-corrected chi connectivity index (χ2v) is 9.31. The van der Waals surface area contributed by atoms with Crippen molar-refractivity contribution in [3.05, 3.63) is 0 Å². The number of hydrogen-bond acceptors (Lipinski definition) is 5. The molecule has 0 saturated carbocycles. The van der Waals surface area contributed by atoms with Crippen LogP contribution in [0.1, 0.15) is 41.0 Å². The molecule has 0 aliphatic carbocycles. The predicted molar refractivity (Wildman–Crippen MR) is 98.2 cm³/mol. The molecule has 148 valence electrons. The molecular weight excluding hydrogens is 395 g/mol. The molecule has 0 aliphatic rings. The van der Waals surface area contributed by atoms with Crippen LogP contribution in [0, 0.1) is 5.92 Å². The van der Waals surface area contributed by atoms with Gasteiger partial charge in [-0.2, -0.15) is 0 Å². The van der Waals surface area contributed by atoms with Gasteiger partial charge in [0.1, 0.15) is 18.4 Å². The van der Waals surface area contributed by atoms with Crippen molar-refractivity contribution in [2.45, 2.75) is 62.7 Å². The van der Waals surface area contributed by atoms with E-state index in [1.165, 1.54) is 7.11 Å². The van der Waals surface area contributed by atoms with Gasteiger partial charge in [0.05, 0.1) is 0 Å². The summed E-state index contributed by atoms with van der Waals surface area (Å²) in [6.07, 6.45) is -1.74. The van der Waals surface area contributed by atoms with Gasteiger partial charge in [-0.05, 0) is 26.7 Å². The first-order valence-corrected chi connectivity index (χ1v) is 8.89. The van der Waals surface area contributed by atoms with Crippen LogP contribution in [-0.4, -0.2) is 47.6 Å². The van der Waals surface area contributed by atoms with Crippen molar-refractivity contribution in [1.82, 2.24) is 10.6 Å². The van der Waals surface area contributed by atoms with Crippen LogP contribution in [0.2, 0.25) is 0 Å². The molecule has 0 saturated heterocycles. The van der Waals surface area contributed by atoms with Crippen LogP contribution < -0.4 is 10.6 Å². The summed E-state index contributed by atoms with van der Waals surface area (Å²) in [5.41, 5.74) is -0.606. The van der Waals surface area contributed by atoms with Crippen LogP contribution >= 0.6 is 34.8 Å². The third kappa shape index (κ3) is 13.3. The van der Waals surface area contributed by atoms with Gasteiger partial charge in [0.2, 0.25) is 3.79 Å². The standard InChI is InChI=1S/C15H27Cl3N2O5/c1-9(2)10(19-13(22)25-14(3,4)5)7-11(23-6)20-12(21)24-8-15(16,17)18/h9-11H,7-8H2,1-6H3,(H,19,22)(H,20,21)/t10-,11?/m0/s1. The molecule has 0 aromatic heterocycles. The first kappa shape index (κ1) is 24.4. The molecule has 7 nitrogen and oxygen atoms in total. The number of nitrogens with one attached hydrogen (secondary N) is 2. The molecule has 0 heterocycles. The topological polar surface area (TPSA) is 85.9 Å². The van der Waals surface area contributed by atoms with E-state index in [0.29, 0.717) is 6.42 Å². The van der Waals surface area contributed by atoms with E-state index in [1.54, 1.807) is 20.8 Å². The van der Waals surface area contributed by atoms with Gasteiger partial charge in [-0.15, -0.1) is 0 Å². The first-order valence-electron chi connectivity index (χ1n) is 7.76. The van der Waals surface area contributed by atoms with E-state index in [-0.39, 0.29) is 12.0 Å². The fourth-order valence-electron chi connectivity index (χ4n) is 1.72. The minimum absolute atomic E-state index is 0.0733. The van der Waals surface area contributed by atoms with Gasteiger partial charge in [0.15, 0.2) is 0 Å². The van der Waals surface area contributed by atoms with Crippen LogP contribution in [0.25, 0.3) is 0 Å². The fraction of sp³-hybridized carbons (Fsp3) is 0.867. The maximum absolute atomic E-state index is 11.9. The second-order valence-electron chi connectivity index (χ2n) is 6.79. The Morgan fingerprint density at radius 3 is 2.00 bits per heavy atom. The molecule has 0 radical (unpaired) electrons. The number of carbonyl (C=O) groups excluding carboxylic acids is 2. The summed E-state index contributed by atoms with van der Waals surface area (Å²) >= 11 is 16.6. The van der Waals surface area contributed by atoms with E-state index in [0.717, 1.165) is 0 Å². The van der Waals surface area contributed by atoms with Gasteiger partial charge in [-0.25, -0.2) is 9.59 Å². The molecule has 1 unspecified atom stereocenters. The highest BCUT2D eigenvalue weighted by Crippen LogP contribution is 2.25. The van der Waals surface area contributed by atoms with Crippen LogP contribution in [0.4, 0.5) is 9.59 Å². The molecule has 2 N–H and O–H groups in total. The Bertz CT molecular complexity index is 436. The summed E-state index contributed by atoms with van der Waals surface area (Å²) in [7, 11) is 1.42. The maximum atomic E-state index is 11.9. The lowest BCUT2D eigenvalue weighted by atomic mass is 10.0. The summed E-state index contributed by atoms with van der Waals surface area (Å²) in [4.78, 5) is 23.7. The van der Waals surface area contributed by atoms with E-state index in [9.17, 15) is 9.59 Å². The molecule has 10 heteroatoms. The Morgan fingerprint density at radius 1 is 1.04 bits per heavy atom. The van der Waals surface area contributed by atoms with Crippen molar-refractivity contribution < 1.29 is 23.8 Å². The van der Waals surface area contributed by atoms with Gasteiger partial charge < -0.3 is 19.5 Å². The van der Waals surface area contributed by atoms with Crippen LogP contribution in [0.5, 0.6) is 0 Å². The average Bonchev–Trinajstić information content (AvgIpc) is 2.40. The number of rotatable bonds is 7. The Labute approximate surface area is 164 Å². The van der Waals surface area contributed by atoms with E-state index < -0.39 is 34.4 Å². The molecule has 0 rings (SSSR count). The number of hydrogen-bond donors (Lipinski definition) is 2. The molecule has 0 aromatic carbocycles. The third-order valence-electron chi connectivity index (χ3n) is 2.91. The molecule has 25 heavy (non-hydrogen) atoms. The molecule has 0 aromatic rings. The van der Waals surface area contributed by atoms with Crippen LogP contribution in [-0.2, 0) is 14.2 Å². The van der Waals surface area contributed by atoms with Crippen molar-refractivity contribution in [2.75, 3.05) is 13.7 Å². The Hall–Kier alpha value is -0.630. The van der Waals surface area contributed by atoms with Gasteiger partial charge >= 0.3 is 12.2 Å². The Kier molecular flexibility index (Phi) is 10.2. The smallest absolute Gasteiger partial charge is 0.409 e. The molecular formula is C15H27Cl3N2O5. The molecule has 0 aliphatic heterocycles. The fourth-order valence-corrected chi connectivity index (χ4v) is 1.89. The molecule has 0 bridgehead atoms. The number of carbonyl (C=O) groups is 2. The lowest BCUT2D eigenvalue weighted by molar-refractivity contribution is 0.0341. The van der Waals surface area contributed by atoms with Crippen molar-refractivity contribution in [2.24, 2.45) is 5.92 Å². The zero-order valence-electron chi connectivity index (χ0n) is 15.3. The average molecular weight is 422 g/mol. The van der Waals surface area contributed by atoms with E-state index in [2.05, 4.69) is 10.6 Å². The third-order valence-corrected chi connectivity index (χ3v) is 3.23. The van der Waals surface area contributed by atoms with Crippen molar-refractivity contribution >= 4 is 47.0 Å². The summed E-state index contributed by atoms with van der Waals surface area (Å²) < 4.78 is 13.6. The van der Waals surface area contributed by atoms with Crippen molar-refractivity contribution in [3.63, 3.8) is 0 Å². The lowest BCUT2D eigenvalue weighted by Crippen LogP contribution is -2.47. The summed E-state index contributed by atoms with van der Waals surface area (Å²) in [5, 5.41) is 5.27. The van der Waals surface area contributed by atoms with E-state index >= 15 is 0 Å². The molecule has 2 amide bonds. The quantitative estimate of drug-likeness (QED) is 0.479. The number of ether oxygens (including phenoxy) is 3. The van der Waals surface area contributed by atoms with Gasteiger partial charge in [-0.3, -0.25) is 5.32 Å². The predicted octanol–water partition coefficient (Wildman–Crippen LogP) is 3.99. The van der Waals surface area contributed by atoms with Gasteiger partial charge in [0.25, 0.3) is 0 Å². The van der Waals surface area contributed by atoms with Gasteiger partial charge in [-0.1, -0.05) is 48.7 Å². The zero-order valence-corrected chi connectivity index (χ0v) is 17.6. The minimum atomic E-state index is -1.70. The molecule has 0 spiro atoms. The highest BCUT2D eigenvalue weighted by atomic mass is 35.6. The van der Waals surface area contributed by atoms with Gasteiger partial charge in [0, 0.05) is 19.6 Å². The minimum Gasteiger partial charge on any atom is -0.445 e. The highest BCUT2D eigenvalue weighted by molar-refractivity contribution is 6.67. The number of halogens is 3. The van der Waals surface area contributed by atoms with Crippen molar-refractivity contribution in [1.29, 1.82) is 0 Å². The largest absolute Gasteiger partial charge is 0.445 e. The maximum Gasteiger partial charge on any atom is 0.409 e. The number of alkyl carbamates (subject to hydrolysis) is 2. The Morgan fingerprint density at radius 2 is 1.60 bits per heavy atom. The number of amides is 2. The van der Waals surface area contributed by atoms with Crippen LogP contribution in [0.3, 0.4) is 0 Å². The monoisotopic (exact) mass is 420 g/mol.